The van der Waals surface area contributed by atoms with Gasteiger partial charge in [-0.05, 0) is 26.0 Å². The number of halogens is 1. The molecule has 0 aliphatic carbocycles. The number of nitro benzene ring substituents is 1. The van der Waals surface area contributed by atoms with E-state index in [-0.39, 0.29) is 24.0 Å². The average Bonchev–Trinajstić information content (AvgIpc) is 2.30. The van der Waals surface area contributed by atoms with Gasteiger partial charge in [-0.15, -0.1) is 0 Å². The lowest BCUT2D eigenvalue weighted by molar-refractivity contribution is -0.386. The van der Waals surface area contributed by atoms with Crippen LogP contribution >= 0.6 is 15.9 Å². The van der Waals surface area contributed by atoms with Gasteiger partial charge in [-0.2, -0.15) is 0 Å². The Morgan fingerprint density at radius 2 is 2.00 bits per heavy atom. The van der Waals surface area contributed by atoms with Crippen LogP contribution in [0.2, 0.25) is 0 Å². The predicted molar refractivity (Wildman–Crippen MR) is 74.5 cm³/mol. The molecule has 1 saturated heterocycles. The molecule has 6 heteroatoms. The predicted octanol–water partition coefficient (Wildman–Crippen LogP) is 3.69. The molecule has 0 amide bonds. The van der Waals surface area contributed by atoms with E-state index in [0.717, 1.165) is 12.8 Å². The lowest BCUT2D eigenvalue weighted by Gasteiger charge is -2.32. The number of hydrogen-bond acceptors (Lipinski definition) is 4. The highest BCUT2D eigenvalue weighted by molar-refractivity contribution is 9.10. The summed E-state index contributed by atoms with van der Waals surface area (Å²) in [5, 5.41) is 11.0. The van der Waals surface area contributed by atoms with Crippen LogP contribution in [0.1, 0.15) is 26.7 Å². The van der Waals surface area contributed by atoms with E-state index in [9.17, 15) is 10.1 Å². The fraction of sp³-hybridized carbons (Fsp3) is 0.538. The van der Waals surface area contributed by atoms with Crippen molar-refractivity contribution in [2.75, 3.05) is 0 Å². The van der Waals surface area contributed by atoms with E-state index in [4.69, 9.17) is 9.47 Å². The van der Waals surface area contributed by atoms with Gasteiger partial charge >= 0.3 is 5.69 Å². The number of benzene rings is 1. The molecule has 19 heavy (non-hydrogen) atoms. The second-order valence-electron chi connectivity index (χ2n) is 4.84. The van der Waals surface area contributed by atoms with E-state index in [1.807, 2.05) is 13.8 Å². The summed E-state index contributed by atoms with van der Waals surface area (Å²) in [6.45, 7) is 3.98. The lowest BCUT2D eigenvalue weighted by Crippen LogP contribution is -2.35. The molecule has 5 nitrogen and oxygen atoms in total. The van der Waals surface area contributed by atoms with Crippen molar-refractivity contribution in [2.45, 2.75) is 45.0 Å². The third-order valence-corrected chi connectivity index (χ3v) is 3.56. The molecule has 0 aromatic heterocycles. The zero-order valence-corrected chi connectivity index (χ0v) is 12.4. The molecule has 1 aromatic carbocycles. The van der Waals surface area contributed by atoms with Gasteiger partial charge in [-0.1, -0.05) is 15.9 Å². The summed E-state index contributed by atoms with van der Waals surface area (Å²) in [6.07, 6.45) is 1.68. The first-order chi connectivity index (χ1) is 8.95. The van der Waals surface area contributed by atoms with Gasteiger partial charge in [0.2, 0.25) is 0 Å². The summed E-state index contributed by atoms with van der Waals surface area (Å²) in [4.78, 5) is 10.6. The van der Waals surface area contributed by atoms with E-state index < -0.39 is 4.92 Å². The van der Waals surface area contributed by atoms with E-state index >= 15 is 0 Å². The Morgan fingerprint density at radius 1 is 1.37 bits per heavy atom. The topological polar surface area (TPSA) is 61.6 Å². The lowest BCUT2D eigenvalue weighted by atomic mass is 10.0. The van der Waals surface area contributed by atoms with Gasteiger partial charge in [0.1, 0.15) is 6.10 Å². The zero-order chi connectivity index (χ0) is 14.0. The summed E-state index contributed by atoms with van der Waals surface area (Å²) >= 11 is 3.23. The van der Waals surface area contributed by atoms with Crippen LogP contribution in [0.5, 0.6) is 5.75 Å². The number of hydrogen-bond donors (Lipinski definition) is 0. The average molecular weight is 330 g/mol. The largest absolute Gasteiger partial charge is 0.483 e. The Kier molecular flexibility index (Phi) is 4.42. The Balaban J connectivity index is 2.16. The van der Waals surface area contributed by atoms with Crippen LogP contribution in [0.25, 0.3) is 0 Å². The monoisotopic (exact) mass is 329 g/mol. The zero-order valence-electron chi connectivity index (χ0n) is 10.8. The number of ether oxygens (including phenoxy) is 2. The maximum Gasteiger partial charge on any atom is 0.312 e. The van der Waals surface area contributed by atoms with Crippen LogP contribution in [0.4, 0.5) is 5.69 Å². The Morgan fingerprint density at radius 3 is 2.58 bits per heavy atom. The summed E-state index contributed by atoms with van der Waals surface area (Å²) in [6, 6.07) is 4.84. The third-order valence-electron chi connectivity index (χ3n) is 3.07. The SMILES string of the molecule is CC1CC(Oc2ccc(Br)cc2[N+](=O)[O-])CC(C)O1. The fourth-order valence-corrected chi connectivity index (χ4v) is 2.70. The summed E-state index contributed by atoms with van der Waals surface area (Å²) in [5.74, 6) is 0.319. The van der Waals surface area contributed by atoms with Gasteiger partial charge in [0.05, 0.1) is 17.1 Å². The van der Waals surface area contributed by atoms with E-state index in [2.05, 4.69) is 15.9 Å². The van der Waals surface area contributed by atoms with Crippen molar-refractivity contribution in [1.82, 2.24) is 0 Å². The first kappa shape index (κ1) is 14.3. The highest BCUT2D eigenvalue weighted by Crippen LogP contribution is 2.33. The molecule has 2 rings (SSSR count). The minimum absolute atomic E-state index is 0.0128. The third kappa shape index (κ3) is 3.67. The van der Waals surface area contributed by atoms with Crippen LogP contribution in [0.15, 0.2) is 22.7 Å². The molecule has 0 saturated carbocycles. The van der Waals surface area contributed by atoms with Gasteiger partial charge < -0.3 is 9.47 Å². The van der Waals surface area contributed by atoms with Crippen LogP contribution in [-0.4, -0.2) is 23.2 Å². The molecule has 0 N–H and O–H groups in total. The first-order valence-corrected chi connectivity index (χ1v) is 7.01. The van der Waals surface area contributed by atoms with Crippen LogP contribution in [-0.2, 0) is 4.74 Å². The standard InChI is InChI=1S/C13H16BrNO4/c1-8-5-11(6-9(2)18-8)19-13-4-3-10(14)7-12(13)15(16)17/h3-4,7-9,11H,5-6H2,1-2H3. The van der Waals surface area contributed by atoms with Crippen molar-refractivity contribution in [2.24, 2.45) is 0 Å². The van der Waals surface area contributed by atoms with Gasteiger partial charge in [0.15, 0.2) is 5.75 Å². The molecule has 0 radical (unpaired) electrons. The number of nitro groups is 1. The van der Waals surface area contributed by atoms with Gasteiger partial charge in [0.25, 0.3) is 0 Å². The molecule has 104 valence electrons. The maximum absolute atomic E-state index is 11.0. The highest BCUT2D eigenvalue weighted by atomic mass is 79.9. The van der Waals surface area contributed by atoms with Crippen molar-refractivity contribution in [3.63, 3.8) is 0 Å². The van der Waals surface area contributed by atoms with Gasteiger partial charge in [-0.25, -0.2) is 0 Å². The Labute approximate surface area is 120 Å². The first-order valence-electron chi connectivity index (χ1n) is 6.21. The van der Waals surface area contributed by atoms with Crippen LogP contribution in [0, 0.1) is 10.1 Å². The van der Waals surface area contributed by atoms with Crippen LogP contribution in [0.3, 0.4) is 0 Å². The minimum atomic E-state index is -0.424. The molecule has 1 aliphatic rings. The van der Waals surface area contributed by atoms with Crippen molar-refractivity contribution >= 4 is 21.6 Å². The molecule has 2 atom stereocenters. The fourth-order valence-electron chi connectivity index (χ4n) is 2.35. The molecule has 0 bridgehead atoms. The van der Waals surface area contributed by atoms with Crippen LogP contribution < -0.4 is 4.74 Å². The Bertz CT molecular complexity index is 470. The van der Waals surface area contributed by atoms with Crippen molar-refractivity contribution in [3.8, 4) is 5.75 Å². The van der Waals surface area contributed by atoms with E-state index in [1.165, 1.54) is 6.07 Å². The summed E-state index contributed by atoms with van der Waals surface area (Å²) < 4.78 is 12.1. The Hall–Kier alpha value is -1.14. The molecule has 2 unspecified atom stereocenters. The highest BCUT2D eigenvalue weighted by Gasteiger charge is 2.28. The van der Waals surface area contributed by atoms with Crippen molar-refractivity contribution < 1.29 is 14.4 Å². The van der Waals surface area contributed by atoms with Crippen molar-refractivity contribution in [1.29, 1.82) is 0 Å². The molecular formula is C13H16BrNO4. The van der Waals surface area contributed by atoms with E-state index in [0.29, 0.717) is 10.2 Å². The molecular weight excluding hydrogens is 314 g/mol. The molecule has 1 heterocycles. The quantitative estimate of drug-likeness (QED) is 0.626. The molecule has 1 aliphatic heterocycles. The second kappa shape index (κ2) is 5.88. The second-order valence-corrected chi connectivity index (χ2v) is 5.75. The van der Waals surface area contributed by atoms with Gasteiger partial charge in [-0.3, -0.25) is 10.1 Å². The van der Waals surface area contributed by atoms with E-state index in [1.54, 1.807) is 12.1 Å². The molecule has 0 spiro atoms. The molecule has 1 fully saturated rings. The number of nitrogens with zero attached hydrogens (tertiary/aromatic N) is 1. The number of rotatable bonds is 3. The van der Waals surface area contributed by atoms with Gasteiger partial charge in [0, 0.05) is 23.4 Å². The minimum Gasteiger partial charge on any atom is -0.483 e. The van der Waals surface area contributed by atoms with Crippen molar-refractivity contribution in [3.05, 3.63) is 32.8 Å². The smallest absolute Gasteiger partial charge is 0.312 e. The normalized spacial score (nSPS) is 27.0. The summed E-state index contributed by atoms with van der Waals surface area (Å²) in [5.41, 5.74) is -0.0128. The molecule has 1 aromatic rings. The maximum atomic E-state index is 11.0. The summed E-state index contributed by atoms with van der Waals surface area (Å²) in [7, 11) is 0.